The number of nitrogens with zero attached hydrogens (tertiary/aromatic N) is 1. The van der Waals surface area contributed by atoms with Crippen LogP contribution in [0.25, 0.3) is 0 Å². The molecule has 1 atom stereocenters. The number of thiol groups is 1. The Hall–Kier alpha value is -0.910. The molecular weight excluding hydrogens is 230 g/mol. The van der Waals surface area contributed by atoms with Crippen molar-refractivity contribution in [1.29, 1.82) is 0 Å². The smallest absolute Gasteiger partial charge is 0.410 e. The van der Waals surface area contributed by atoms with Crippen molar-refractivity contribution in [2.45, 2.75) is 32.7 Å². The molecule has 6 heteroatoms. The Balaban J connectivity index is 4.34. The molecule has 0 saturated heterocycles. The van der Waals surface area contributed by atoms with Gasteiger partial charge in [0.1, 0.15) is 6.04 Å². The zero-order chi connectivity index (χ0) is 12.6. The number of hydrogen-bond acceptors (Lipinski definition) is 4. The maximum atomic E-state index is 11.6. The zero-order valence-corrected chi connectivity index (χ0v) is 10.6. The van der Waals surface area contributed by atoms with Gasteiger partial charge in [-0.25, -0.2) is 9.59 Å². The van der Waals surface area contributed by atoms with Crippen LogP contribution in [0.5, 0.6) is 0 Å². The molecule has 0 aliphatic heterocycles. The first-order chi connectivity index (χ1) is 7.58. The SMILES string of the molecule is CCCCOC(=O)N(CC)[C@@H](CS)C(=O)O. The van der Waals surface area contributed by atoms with Gasteiger partial charge >= 0.3 is 12.1 Å². The summed E-state index contributed by atoms with van der Waals surface area (Å²) < 4.78 is 4.96. The van der Waals surface area contributed by atoms with Crippen molar-refractivity contribution in [3.05, 3.63) is 0 Å². The monoisotopic (exact) mass is 249 g/mol. The van der Waals surface area contributed by atoms with Crippen LogP contribution in [0.3, 0.4) is 0 Å². The number of carbonyl (C=O) groups is 2. The maximum Gasteiger partial charge on any atom is 0.410 e. The van der Waals surface area contributed by atoms with Gasteiger partial charge in [-0.15, -0.1) is 0 Å². The number of carboxylic acid groups (broad SMARTS) is 1. The normalized spacial score (nSPS) is 11.9. The summed E-state index contributed by atoms with van der Waals surface area (Å²) in [7, 11) is 0. The number of carbonyl (C=O) groups excluding carboxylic acids is 1. The average Bonchev–Trinajstić information content (AvgIpc) is 2.25. The Bertz CT molecular complexity index is 235. The highest BCUT2D eigenvalue weighted by Crippen LogP contribution is 2.05. The largest absolute Gasteiger partial charge is 0.480 e. The summed E-state index contributed by atoms with van der Waals surface area (Å²) in [6.07, 6.45) is 1.12. The summed E-state index contributed by atoms with van der Waals surface area (Å²) >= 11 is 3.92. The van der Waals surface area contributed by atoms with E-state index in [1.165, 1.54) is 4.90 Å². The Morgan fingerprint density at radius 3 is 2.44 bits per heavy atom. The Morgan fingerprint density at radius 1 is 1.44 bits per heavy atom. The highest BCUT2D eigenvalue weighted by molar-refractivity contribution is 7.80. The molecule has 0 aromatic carbocycles. The fourth-order valence-electron chi connectivity index (χ4n) is 1.17. The summed E-state index contributed by atoms with van der Waals surface area (Å²) in [5, 5.41) is 8.90. The Labute approximate surface area is 101 Å². The van der Waals surface area contributed by atoms with E-state index in [0.29, 0.717) is 13.2 Å². The lowest BCUT2D eigenvalue weighted by molar-refractivity contribution is -0.141. The van der Waals surface area contributed by atoms with Gasteiger partial charge in [0.15, 0.2) is 0 Å². The molecule has 0 bridgehead atoms. The van der Waals surface area contributed by atoms with Gasteiger partial charge in [-0.2, -0.15) is 12.6 Å². The van der Waals surface area contributed by atoms with Crippen LogP contribution in [0.15, 0.2) is 0 Å². The minimum Gasteiger partial charge on any atom is -0.480 e. The topological polar surface area (TPSA) is 66.8 Å². The number of ether oxygens (including phenoxy) is 1. The predicted molar refractivity (Wildman–Crippen MR) is 63.9 cm³/mol. The number of carboxylic acids is 1. The highest BCUT2D eigenvalue weighted by atomic mass is 32.1. The van der Waals surface area contributed by atoms with E-state index in [0.717, 1.165) is 12.8 Å². The summed E-state index contributed by atoms with van der Waals surface area (Å²) in [5.41, 5.74) is 0. The maximum absolute atomic E-state index is 11.6. The number of rotatable bonds is 7. The third-order valence-electron chi connectivity index (χ3n) is 2.13. The van der Waals surface area contributed by atoms with Crippen molar-refractivity contribution in [3.63, 3.8) is 0 Å². The molecule has 0 spiro atoms. The number of unbranched alkanes of at least 4 members (excludes halogenated alkanes) is 1. The molecule has 0 aliphatic carbocycles. The van der Waals surface area contributed by atoms with E-state index in [2.05, 4.69) is 12.6 Å². The summed E-state index contributed by atoms with van der Waals surface area (Å²) in [6.45, 7) is 4.31. The number of amides is 1. The van der Waals surface area contributed by atoms with Gasteiger partial charge in [0, 0.05) is 12.3 Å². The van der Waals surface area contributed by atoms with Crippen LogP contribution in [0.2, 0.25) is 0 Å². The molecule has 0 aromatic rings. The quantitative estimate of drug-likeness (QED) is 0.531. The lowest BCUT2D eigenvalue weighted by Gasteiger charge is -2.25. The second-order valence-corrected chi connectivity index (χ2v) is 3.66. The summed E-state index contributed by atoms with van der Waals surface area (Å²) in [6, 6.07) is -0.928. The molecule has 0 heterocycles. The van der Waals surface area contributed by atoms with Crippen molar-refractivity contribution < 1.29 is 19.4 Å². The highest BCUT2D eigenvalue weighted by Gasteiger charge is 2.28. The van der Waals surface area contributed by atoms with Gasteiger partial charge in [0.05, 0.1) is 6.61 Å². The molecule has 0 radical (unpaired) electrons. The lowest BCUT2D eigenvalue weighted by atomic mass is 10.3. The van der Waals surface area contributed by atoms with Crippen molar-refractivity contribution in [2.75, 3.05) is 18.9 Å². The van der Waals surface area contributed by atoms with Gasteiger partial charge in [-0.05, 0) is 13.3 Å². The first-order valence-electron chi connectivity index (χ1n) is 5.35. The predicted octanol–water partition coefficient (Wildman–Crippen LogP) is 1.63. The molecule has 0 fully saturated rings. The van der Waals surface area contributed by atoms with Gasteiger partial charge < -0.3 is 9.84 Å². The van der Waals surface area contributed by atoms with E-state index in [4.69, 9.17) is 9.84 Å². The third-order valence-corrected chi connectivity index (χ3v) is 2.48. The second-order valence-electron chi connectivity index (χ2n) is 3.29. The minimum atomic E-state index is -1.07. The fraction of sp³-hybridized carbons (Fsp3) is 0.800. The Morgan fingerprint density at radius 2 is 2.06 bits per heavy atom. The van der Waals surface area contributed by atoms with Crippen molar-refractivity contribution in [1.82, 2.24) is 4.90 Å². The van der Waals surface area contributed by atoms with Crippen LogP contribution in [-0.2, 0) is 9.53 Å². The van der Waals surface area contributed by atoms with Crippen molar-refractivity contribution in [2.24, 2.45) is 0 Å². The lowest BCUT2D eigenvalue weighted by Crippen LogP contribution is -2.46. The molecule has 0 unspecified atom stereocenters. The van der Waals surface area contributed by atoms with Crippen LogP contribution < -0.4 is 0 Å². The van der Waals surface area contributed by atoms with E-state index < -0.39 is 18.1 Å². The average molecular weight is 249 g/mol. The zero-order valence-electron chi connectivity index (χ0n) is 9.68. The van der Waals surface area contributed by atoms with Gasteiger partial charge in [0.25, 0.3) is 0 Å². The van der Waals surface area contributed by atoms with Gasteiger partial charge in [-0.1, -0.05) is 13.3 Å². The second kappa shape index (κ2) is 8.27. The molecule has 1 amide bonds. The molecular formula is C10H19NO4S. The van der Waals surface area contributed by atoms with E-state index in [-0.39, 0.29) is 5.75 Å². The van der Waals surface area contributed by atoms with E-state index >= 15 is 0 Å². The standard InChI is InChI=1S/C10H19NO4S/c1-3-5-6-15-10(14)11(4-2)8(7-16)9(12)13/h8,16H,3-7H2,1-2H3,(H,12,13)/t8-/m0/s1. The molecule has 0 rings (SSSR count). The number of hydrogen-bond donors (Lipinski definition) is 2. The van der Waals surface area contributed by atoms with E-state index in [1.54, 1.807) is 6.92 Å². The van der Waals surface area contributed by atoms with Crippen LogP contribution in [0.1, 0.15) is 26.7 Å². The number of aliphatic carboxylic acids is 1. The molecule has 0 aromatic heterocycles. The van der Waals surface area contributed by atoms with Crippen molar-refractivity contribution >= 4 is 24.7 Å². The van der Waals surface area contributed by atoms with Crippen LogP contribution >= 0.6 is 12.6 Å². The van der Waals surface area contributed by atoms with Gasteiger partial charge in [0.2, 0.25) is 0 Å². The molecule has 1 N–H and O–H groups in total. The summed E-state index contributed by atoms with van der Waals surface area (Å²) in [4.78, 5) is 23.6. The molecule has 5 nitrogen and oxygen atoms in total. The fourth-order valence-corrected chi connectivity index (χ4v) is 1.53. The third kappa shape index (κ3) is 4.74. The summed E-state index contributed by atoms with van der Waals surface area (Å²) in [5.74, 6) is -0.990. The molecule has 0 aliphatic rings. The van der Waals surface area contributed by atoms with E-state index in [1.807, 2.05) is 6.92 Å². The molecule has 16 heavy (non-hydrogen) atoms. The van der Waals surface area contributed by atoms with Crippen LogP contribution in [-0.4, -0.2) is 47.0 Å². The minimum absolute atomic E-state index is 0.0754. The van der Waals surface area contributed by atoms with E-state index in [9.17, 15) is 9.59 Å². The Kier molecular flexibility index (Phi) is 7.80. The molecule has 94 valence electrons. The molecule has 0 saturated carbocycles. The first-order valence-corrected chi connectivity index (χ1v) is 5.98. The number of likely N-dealkylation sites (N-methyl/N-ethyl adjacent to an activating group) is 1. The van der Waals surface area contributed by atoms with Crippen LogP contribution in [0.4, 0.5) is 4.79 Å². The first kappa shape index (κ1) is 15.1. The van der Waals surface area contributed by atoms with Crippen LogP contribution in [0, 0.1) is 0 Å². The van der Waals surface area contributed by atoms with Gasteiger partial charge in [-0.3, -0.25) is 4.90 Å². The van der Waals surface area contributed by atoms with Crippen molar-refractivity contribution in [3.8, 4) is 0 Å².